The van der Waals surface area contributed by atoms with Gasteiger partial charge < -0.3 is 25.4 Å². The molecule has 0 aromatic carbocycles. The predicted molar refractivity (Wildman–Crippen MR) is 68.1 cm³/mol. The van der Waals surface area contributed by atoms with Crippen LogP contribution in [0.1, 0.15) is 19.8 Å². The number of amides is 3. The minimum atomic E-state index is -1.11. The van der Waals surface area contributed by atoms with Crippen molar-refractivity contribution in [2.45, 2.75) is 38.0 Å². The lowest BCUT2D eigenvalue weighted by molar-refractivity contribution is -0.142. The highest BCUT2D eigenvalue weighted by molar-refractivity contribution is 5.91. The fraction of sp³-hybridized carbons (Fsp3) is 0.750. The summed E-state index contributed by atoms with van der Waals surface area (Å²) in [6, 6.07) is -1.47. The number of rotatable bonds is 3. The molecule has 3 atom stereocenters. The Labute approximate surface area is 116 Å². The summed E-state index contributed by atoms with van der Waals surface area (Å²) in [4.78, 5) is 36.1. The first-order valence-electron chi connectivity index (χ1n) is 6.67. The van der Waals surface area contributed by atoms with Crippen LogP contribution >= 0.6 is 0 Å². The molecule has 3 N–H and O–H groups in total. The molecule has 0 spiro atoms. The van der Waals surface area contributed by atoms with Gasteiger partial charge in [0.15, 0.2) is 0 Å². The van der Waals surface area contributed by atoms with Gasteiger partial charge in [0, 0.05) is 19.7 Å². The third kappa shape index (κ3) is 3.19. The summed E-state index contributed by atoms with van der Waals surface area (Å²) in [6.07, 6.45) is 0.252. The van der Waals surface area contributed by atoms with Gasteiger partial charge in [0.2, 0.25) is 5.91 Å². The zero-order chi connectivity index (χ0) is 14.7. The van der Waals surface area contributed by atoms with Crippen molar-refractivity contribution in [3.63, 3.8) is 0 Å². The summed E-state index contributed by atoms with van der Waals surface area (Å²) in [6.45, 7) is 3.09. The highest BCUT2D eigenvalue weighted by Gasteiger charge is 2.36. The van der Waals surface area contributed by atoms with Gasteiger partial charge in [0.1, 0.15) is 6.04 Å². The molecule has 0 bridgehead atoms. The second-order valence-electron chi connectivity index (χ2n) is 5.02. The molecule has 2 saturated heterocycles. The Hall–Kier alpha value is -1.83. The van der Waals surface area contributed by atoms with E-state index in [0.717, 1.165) is 6.42 Å². The zero-order valence-corrected chi connectivity index (χ0v) is 11.3. The van der Waals surface area contributed by atoms with Crippen molar-refractivity contribution in [3.8, 4) is 0 Å². The van der Waals surface area contributed by atoms with Gasteiger partial charge in [-0.05, 0) is 13.3 Å². The minimum Gasteiger partial charge on any atom is -0.481 e. The van der Waals surface area contributed by atoms with E-state index in [4.69, 9.17) is 9.84 Å². The van der Waals surface area contributed by atoms with Gasteiger partial charge in [0.05, 0.1) is 18.6 Å². The molecule has 2 aliphatic heterocycles. The molecule has 2 aliphatic rings. The van der Waals surface area contributed by atoms with Crippen LogP contribution in [0.15, 0.2) is 0 Å². The monoisotopic (exact) mass is 285 g/mol. The zero-order valence-electron chi connectivity index (χ0n) is 11.3. The van der Waals surface area contributed by atoms with E-state index in [1.54, 1.807) is 0 Å². The molecular weight excluding hydrogens is 266 g/mol. The van der Waals surface area contributed by atoms with Crippen LogP contribution in [-0.2, 0) is 14.3 Å². The molecule has 8 nitrogen and oxygen atoms in total. The van der Waals surface area contributed by atoms with Gasteiger partial charge in [-0.3, -0.25) is 9.59 Å². The summed E-state index contributed by atoms with van der Waals surface area (Å²) in [5, 5.41) is 14.2. The normalized spacial score (nSPS) is 29.9. The van der Waals surface area contributed by atoms with Crippen molar-refractivity contribution in [2.75, 3.05) is 19.7 Å². The Balaban J connectivity index is 2.01. The molecule has 2 rings (SSSR count). The highest BCUT2D eigenvalue weighted by Crippen LogP contribution is 2.15. The van der Waals surface area contributed by atoms with E-state index in [2.05, 4.69) is 10.6 Å². The highest BCUT2D eigenvalue weighted by atomic mass is 16.5. The number of carbonyl (C=O) groups is 3. The van der Waals surface area contributed by atoms with Crippen LogP contribution in [0.25, 0.3) is 0 Å². The molecule has 112 valence electrons. The van der Waals surface area contributed by atoms with Gasteiger partial charge in [-0.25, -0.2) is 4.79 Å². The third-order valence-corrected chi connectivity index (χ3v) is 3.64. The standard InChI is InChI=1S/C12H19N3O5/c1-7-8(2-5-20-7)14-12(19)15-4-3-13-11(18)9(15)6-10(16)17/h7-9H,2-6H2,1H3,(H,13,18)(H,14,19)(H,16,17). The molecule has 2 fully saturated rings. The second-order valence-corrected chi connectivity index (χ2v) is 5.02. The van der Waals surface area contributed by atoms with Crippen LogP contribution in [-0.4, -0.2) is 65.8 Å². The van der Waals surface area contributed by atoms with Crippen molar-refractivity contribution in [2.24, 2.45) is 0 Å². The number of nitrogens with zero attached hydrogens (tertiary/aromatic N) is 1. The molecule has 0 aromatic heterocycles. The molecule has 0 saturated carbocycles. The molecular formula is C12H19N3O5. The Morgan fingerprint density at radius 2 is 2.30 bits per heavy atom. The lowest BCUT2D eigenvalue weighted by atomic mass is 10.1. The Morgan fingerprint density at radius 1 is 1.55 bits per heavy atom. The SMILES string of the molecule is CC1OCCC1NC(=O)N1CCNC(=O)C1CC(=O)O. The van der Waals surface area contributed by atoms with Crippen LogP contribution in [0.2, 0.25) is 0 Å². The molecule has 20 heavy (non-hydrogen) atoms. The molecule has 0 aliphatic carbocycles. The number of carboxylic acid groups (broad SMARTS) is 1. The Bertz CT molecular complexity index is 414. The first-order valence-corrected chi connectivity index (χ1v) is 6.67. The molecule has 3 amide bonds. The van der Waals surface area contributed by atoms with Crippen molar-refractivity contribution in [1.82, 2.24) is 15.5 Å². The maximum absolute atomic E-state index is 12.2. The van der Waals surface area contributed by atoms with Crippen LogP contribution in [0.3, 0.4) is 0 Å². The second kappa shape index (κ2) is 6.08. The van der Waals surface area contributed by atoms with Crippen LogP contribution in [0.5, 0.6) is 0 Å². The number of ether oxygens (including phenoxy) is 1. The van der Waals surface area contributed by atoms with Crippen LogP contribution in [0, 0.1) is 0 Å². The number of carboxylic acids is 1. The van der Waals surface area contributed by atoms with Crippen molar-refractivity contribution < 1.29 is 24.2 Å². The summed E-state index contributed by atoms with van der Waals surface area (Å²) in [5.41, 5.74) is 0. The lowest BCUT2D eigenvalue weighted by Crippen LogP contribution is -2.61. The average molecular weight is 285 g/mol. The maximum atomic E-state index is 12.2. The third-order valence-electron chi connectivity index (χ3n) is 3.64. The largest absolute Gasteiger partial charge is 0.481 e. The summed E-state index contributed by atoms with van der Waals surface area (Å²) < 4.78 is 5.36. The lowest BCUT2D eigenvalue weighted by Gasteiger charge is -2.35. The van der Waals surface area contributed by atoms with Crippen molar-refractivity contribution >= 4 is 17.9 Å². The van der Waals surface area contributed by atoms with Crippen LogP contribution in [0.4, 0.5) is 4.79 Å². The van der Waals surface area contributed by atoms with E-state index in [9.17, 15) is 14.4 Å². The van der Waals surface area contributed by atoms with Gasteiger partial charge in [-0.1, -0.05) is 0 Å². The first-order chi connectivity index (χ1) is 9.49. The molecule has 3 unspecified atom stereocenters. The Morgan fingerprint density at radius 3 is 2.90 bits per heavy atom. The number of nitrogens with one attached hydrogen (secondary N) is 2. The molecule has 0 radical (unpaired) electrons. The quantitative estimate of drug-likeness (QED) is 0.626. The van der Waals surface area contributed by atoms with Crippen LogP contribution < -0.4 is 10.6 Å². The van der Waals surface area contributed by atoms with E-state index >= 15 is 0 Å². The van der Waals surface area contributed by atoms with E-state index in [1.807, 2.05) is 6.92 Å². The molecule has 2 heterocycles. The number of aliphatic carboxylic acids is 1. The Kier molecular flexibility index (Phi) is 4.43. The first kappa shape index (κ1) is 14.6. The number of carbonyl (C=O) groups excluding carboxylic acids is 2. The summed E-state index contributed by atoms with van der Waals surface area (Å²) >= 11 is 0. The maximum Gasteiger partial charge on any atom is 0.318 e. The summed E-state index contributed by atoms with van der Waals surface area (Å²) in [5.74, 6) is -1.54. The smallest absolute Gasteiger partial charge is 0.318 e. The number of hydrogen-bond acceptors (Lipinski definition) is 4. The fourth-order valence-corrected chi connectivity index (χ4v) is 2.49. The van der Waals surface area contributed by atoms with Crippen molar-refractivity contribution in [1.29, 1.82) is 0 Å². The number of piperazine rings is 1. The van der Waals surface area contributed by atoms with E-state index in [-0.39, 0.29) is 12.1 Å². The molecule has 8 heteroatoms. The van der Waals surface area contributed by atoms with Gasteiger partial charge in [-0.2, -0.15) is 0 Å². The number of hydrogen-bond donors (Lipinski definition) is 3. The number of urea groups is 1. The van der Waals surface area contributed by atoms with Crippen molar-refractivity contribution in [3.05, 3.63) is 0 Å². The van der Waals surface area contributed by atoms with E-state index < -0.39 is 30.4 Å². The van der Waals surface area contributed by atoms with Gasteiger partial charge >= 0.3 is 12.0 Å². The average Bonchev–Trinajstić information content (AvgIpc) is 2.77. The fourth-order valence-electron chi connectivity index (χ4n) is 2.49. The topological polar surface area (TPSA) is 108 Å². The van der Waals surface area contributed by atoms with E-state index in [1.165, 1.54) is 4.90 Å². The molecule has 0 aromatic rings. The summed E-state index contributed by atoms with van der Waals surface area (Å²) in [7, 11) is 0. The van der Waals surface area contributed by atoms with Gasteiger partial charge in [0.25, 0.3) is 0 Å². The van der Waals surface area contributed by atoms with E-state index in [0.29, 0.717) is 19.7 Å². The minimum absolute atomic E-state index is 0.0736. The predicted octanol–water partition coefficient (Wildman–Crippen LogP) is -0.851. The van der Waals surface area contributed by atoms with Gasteiger partial charge in [-0.15, -0.1) is 0 Å².